The molecule has 6 nitrogen and oxygen atoms in total. The normalized spacial score (nSPS) is 10.5. The zero-order chi connectivity index (χ0) is 16.4. The van der Waals surface area contributed by atoms with Gasteiger partial charge in [0.15, 0.2) is 5.69 Å². The third kappa shape index (κ3) is 2.64. The molecule has 1 N–H and O–H groups in total. The third-order valence-corrected chi connectivity index (χ3v) is 3.71. The van der Waals surface area contributed by atoms with Gasteiger partial charge in [-0.25, -0.2) is 14.6 Å². The maximum atomic E-state index is 11.9. The van der Waals surface area contributed by atoms with Crippen molar-refractivity contribution in [2.24, 2.45) is 0 Å². The molecule has 0 unspecified atom stereocenters. The van der Waals surface area contributed by atoms with Crippen molar-refractivity contribution in [2.75, 3.05) is 14.2 Å². The van der Waals surface area contributed by atoms with Crippen LogP contribution in [0.2, 0.25) is 0 Å². The Kier molecular flexibility index (Phi) is 4.65. The first kappa shape index (κ1) is 16.2. The van der Waals surface area contributed by atoms with Gasteiger partial charge >= 0.3 is 11.9 Å². The zero-order valence-electron chi connectivity index (χ0n) is 12.3. The van der Waals surface area contributed by atoms with Gasteiger partial charge in [-0.15, -0.1) is 0 Å². The Balaban J connectivity index is 2.95. The number of hydrogen-bond acceptors (Lipinski definition) is 6. The van der Waals surface area contributed by atoms with E-state index in [4.69, 9.17) is 0 Å². The van der Waals surface area contributed by atoms with Crippen molar-refractivity contribution in [3.8, 4) is 5.75 Å². The number of rotatable bonds is 3. The highest BCUT2D eigenvalue weighted by atomic mass is 79.9. The lowest BCUT2D eigenvalue weighted by atomic mass is 10.0. The molecular formula is C15H14BrNO5. The number of halogens is 1. The quantitative estimate of drug-likeness (QED) is 0.839. The summed E-state index contributed by atoms with van der Waals surface area (Å²) in [5, 5.41) is 10.9. The van der Waals surface area contributed by atoms with Crippen LogP contribution in [-0.4, -0.2) is 36.2 Å². The zero-order valence-corrected chi connectivity index (χ0v) is 13.9. The first-order valence-corrected chi connectivity index (χ1v) is 7.25. The van der Waals surface area contributed by atoms with Gasteiger partial charge in [-0.05, 0) is 24.1 Å². The molecule has 2 rings (SSSR count). The number of aromatic nitrogens is 1. The molecule has 1 aromatic heterocycles. The SMILES string of the molecule is CCc1cc(Br)cc2nc(C(=O)OC)c(C(=O)OC)c(O)c12. The van der Waals surface area contributed by atoms with Gasteiger partial charge in [0, 0.05) is 9.86 Å². The van der Waals surface area contributed by atoms with Crippen molar-refractivity contribution >= 4 is 38.8 Å². The molecular weight excluding hydrogens is 354 g/mol. The number of fused-ring (bicyclic) bond motifs is 1. The minimum absolute atomic E-state index is 0.278. The van der Waals surface area contributed by atoms with Crippen LogP contribution in [0.3, 0.4) is 0 Å². The van der Waals surface area contributed by atoms with Crippen molar-refractivity contribution in [1.29, 1.82) is 0 Å². The molecule has 0 amide bonds. The lowest BCUT2D eigenvalue weighted by Gasteiger charge is -2.13. The maximum Gasteiger partial charge on any atom is 0.357 e. The number of aryl methyl sites for hydroxylation is 1. The van der Waals surface area contributed by atoms with E-state index in [1.54, 1.807) is 6.07 Å². The van der Waals surface area contributed by atoms with Gasteiger partial charge in [0.1, 0.15) is 11.3 Å². The molecule has 0 atom stereocenters. The van der Waals surface area contributed by atoms with Gasteiger partial charge in [0.2, 0.25) is 0 Å². The van der Waals surface area contributed by atoms with Gasteiger partial charge in [-0.2, -0.15) is 0 Å². The van der Waals surface area contributed by atoms with Crippen molar-refractivity contribution in [1.82, 2.24) is 4.98 Å². The summed E-state index contributed by atoms with van der Waals surface area (Å²) in [7, 11) is 2.33. The molecule has 0 fully saturated rings. The van der Waals surface area contributed by atoms with Gasteiger partial charge in [-0.3, -0.25) is 0 Å². The molecule has 116 valence electrons. The topological polar surface area (TPSA) is 85.7 Å². The smallest absolute Gasteiger partial charge is 0.357 e. The van der Waals surface area contributed by atoms with E-state index in [1.165, 1.54) is 7.11 Å². The molecule has 0 aliphatic heterocycles. The summed E-state index contributed by atoms with van der Waals surface area (Å²) >= 11 is 3.36. The van der Waals surface area contributed by atoms with Crippen LogP contribution >= 0.6 is 15.9 Å². The molecule has 0 bridgehead atoms. The van der Waals surface area contributed by atoms with Crippen LogP contribution in [0.25, 0.3) is 10.9 Å². The van der Waals surface area contributed by atoms with Crippen molar-refractivity contribution in [3.63, 3.8) is 0 Å². The van der Waals surface area contributed by atoms with Crippen LogP contribution in [0.1, 0.15) is 33.3 Å². The first-order chi connectivity index (χ1) is 10.4. The molecule has 0 spiro atoms. The highest BCUT2D eigenvalue weighted by Gasteiger charge is 2.27. The summed E-state index contributed by atoms with van der Waals surface area (Å²) in [6.45, 7) is 1.91. The highest BCUT2D eigenvalue weighted by molar-refractivity contribution is 9.10. The van der Waals surface area contributed by atoms with E-state index >= 15 is 0 Å². The number of carbonyl (C=O) groups is 2. The minimum Gasteiger partial charge on any atom is -0.506 e. The molecule has 2 aromatic rings. The summed E-state index contributed by atoms with van der Waals surface area (Å²) in [6.07, 6.45) is 0.614. The lowest BCUT2D eigenvalue weighted by Crippen LogP contribution is -2.15. The summed E-state index contributed by atoms with van der Waals surface area (Å²) in [6, 6.07) is 3.48. The third-order valence-electron chi connectivity index (χ3n) is 3.26. The van der Waals surface area contributed by atoms with Crippen LogP contribution in [0.4, 0.5) is 0 Å². The van der Waals surface area contributed by atoms with Gasteiger partial charge < -0.3 is 14.6 Å². The number of pyridine rings is 1. The Morgan fingerprint density at radius 1 is 1.23 bits per heavy atom. The molecule has 0 radical (unpaired) electrons. The van der Waals surface area contributed by atoms with E-state index in [0.29, 0.717) is 17.3 Å². The van der Waals surface area contributed by atoms with Crippen molar-refractivity contribution < 1.29 is 24.2 Å². The number of nitrogens with zero attached hydrogens (tertiary/aromatic N) is 1. The molecule has 0 aliphatic carbocycles. The van der Waals surface area contributed by atoms with E-state index in [1.807, 2.05) is 13.0 Å². The Morgan fingerprint density at radius 3 is 2.41 bits per heavy atom. The summed E-state index contributed by atoms with van der Waals surface area (Å²) in [5.41, 5.74) is 0.603. The highest BCUT2D eigenvalue weighted by Crippen LogP contribution is 2.35. The molecule has 0 saturated heterocycles. The summed E-state index contributed by atoms with van der Waals surface area (Å²) < 4.78 is 10.0. The van der Waals surface area contributed by atoms with Gasteiger partial charge in [0.05, 0.1) is 19.7 Å². The predicted octanol–water partition coefficient (Wildman–Crippen LogP) is 2.84. The van der Waals surface area contributed by atoms with Gasteiger partial charge in [-0.1, -0.05) is 22.9 Å². The number of methoxy groups -OCH3 is 2. The second-order valence-electron chi connectivity index (χ2n) is 4.48. The largest absolute Gasteiger partial charge is 0.506 e. The number of carbonyl (C=O) groups excluding carboxylic acids is 2. The Morgan fingerprint density at radius 2 is 1.86 bits per heavy atom. The Bertz CT molecular complexity index is 772. The fourth-order valence-electron chi connectivity index (χ4n) is 2.24. The summed E-state index contributed by atoms with van der Waals surface area (Å²) in [4.78, 5) is 28.0. The summed E-state index contributed by atoms with van der Waals surface area (Å²) in [5.74, 6) is -2.01. The number of aromatic hydroxyl groups is 1. The minimum atomic E-state index is -0.850. The maximum absolute atomic E-state index is 11.9. The molecule has 0 saturated carbocycles. The number of benzene rings is 1. The Labute approximate surface area is 135 Å². The van der Waals surface area contributed by atoms with Crippen molar-refractivity contribution in [3.05, 3.63) is 33.4 Å². The fourth-order valence-corrected chi connectivity index (χ4v) is 2.73. The van der Waals surface area contributed by atoms with Crippen LogP contribution in [-0.2, 0) is 15.9 Å². The molecule has 7 heteroatoms. The van der Waals surface area contributed by atoms with E-state index in [-0.39, 0.29) is 17.0 Å². The van der Waals surface area contributed by atoms with E-state index in [9.17, 15) is 14.7 Å². The van der Waals surface area contributed by atoms with E-state index in [2.05, 4.69) is 30.4 Å². The lowest BCUT2D eigenvalue weighted by molar-refractivity contribution is 0.0547. The van der Waals surface area contributed by atoms with Crippen molar-refractivity contribution in [2.45, 2.75) is 13.3 Å². The van der Waals surface area contributed by atoms with Crippen LogP contribution in [0.15, 0.2) is 16.6 Å². The second-order valence-corrected chi connectivity index (χ2v) is 5.40. The predicted molar refractivity (Wildman–Crippen MR) is 83.2 cm³/mol. The van der Waals surface area contributed by atoms with E-state index in [0.717, 1.165) is 17.1 Å². The van der Waals surface area contributed by atoms with E-state index < -0.39 is 11.9 Å². The van der Waals surface area contributed by atoms with Gasteiger partial charge in [0.25, 0.3) is 0 Å². The first-order valence-electron chi connectivity index (χ1n) is 6.46. The van der Waals surface area contributed by atoms with Crippen LogP contribution in [0.5, 0.6) is 5.75 Å². The molecule has 22 heavy (non-hydrogen) atoms. The average molecular weight is 368 g/mol. The monoisotopic (exact) mass is 367 g/mol. The second kappa shape index (κ2) is 6.31. The molecule has 1 heterocycles. The number of hydrogen-bond donors (Lipinski definition) is 1. The molecule has 0 aliphatic rings. The standard InChI is InChI=1S/C15H14BrNO5/c1-4-7-5-8(16)6-9-10(7)13(18)11(14(19)21-2)12(17-9)15(20)22-3/h5-6H,4H2,1-3H3,(H,17,18). The van der Waals surface area contributed by atoms with Crippen LogP contribution < -0.4 is 0 Å². The number of esters is 2. The fraction of sp³-hybridized carbons (Fsp3) is 0.267. The Hall–Kier alpha value is -2.15. The van der Waals surface area contributed by atoms with Crippen LogP contribution in [0, 0.1) is 0 Å². The molecule has 1 aromatic carbocycles. The number of ether oxygens (including phenoxy) is 2. The average Bonchev–Trinajstić information content (AvgIpc) is 2.51.